The van der Waals surface area contributed by atoms with Gasteiger partial charge in [0.1, 0.15) is 6.61 Å². The predicted octanol–water partition coefficient (Wildman–Crippen LogP) is 5.86. The van der Waals surface area contributed by atoms with Crippen LogP contribution in [-0.4, -0.2) is 7.11 Å². The van der Waals surface area contributed by atoms with Crippen LogP contribution < -0.4 is 14.8 Å². The van der Waals surface area contributed by atoms with Gasteiger partial charge in [-0.15, -0.1) is 12.4 Å². The number of hydrogen-bond acceptors (Lipinski definition) is 3. The molecule has 3 aromatic carbocycles. The van der Waals surface area contributed by atoms with Gasteiger partial charge in [0.05, 0.1) is 7.11 Å². The average molecular weight is 398 g/mol. The van der Waals surface area contributed by atoms with E-state index in [1.807, 2.05) is 18.2 Å². The quantitative estimate of drug-likeness (QED) is 0.516. The van der Waals surface area contributed by atoms with Crippen LogP contribution in [0.25, 0.3) is 0 Å². The maximum atomic E-state index is 5.96. The highest BCUT2D eigenvalue weighted by Crippen LogP contribution is 2.29. The molecule has 0 heterocycles. The minimum atomic E-state index is 0. The molecule has 4 heteroatoms. The van der Waals surface area contributed by atoms with E-state index < -0.39 is 0 Å². The van der Waals surface area contributed by atoms with Crippen LogP contribution in [0.5, 0.6) is 11.5 Å². The van der Waals surface area contributed by atoms with Crippen molar-refractivity contribution in [3.8, 4) is 11.5 Å². The molecule has 0 aliphatic heterocycles. The molecule has 148 valence electrons. The number of nitrogens with one attached hydrogen (secondary N) is 1. The number of ether oxygens (including phenoxy) is 2. The van der Waals surface area contributed by atoms with Gasteiger partial charge < -0.3 is 14.8 Å². The molecule has 1 unspecified atom stereocenters. The van der Waals surface area contributed by atoms with Crippen molar-refractivity contribution < 1.29 is 9.47 Å². The van der Waals surface area contributed by atoms with Crippen LogP contribution in [0.3, 0.4) is 0 Å². The Morgan fingerprint density at radius 2 is 1.54 bits per heavy atom. The maximum Gasteiger partial charge on any atom is 0.161 e. The molecule has 0 aliphatic carbocycles. The fraction of sp³-hybridized carbons (Fsp3) is 0.250. The molecule has 0 saturated heterocycles. The Kier molecular flexibility index (Phi) is 8.37. The first-order valence-electron chi connectivity index (χ1n) is 9.29. The molecule has 0 fully saturated rings. The van der Waals surface area contributed by atoms with Crippen molar-refractivity contribution in [1.82, 2.24) is 5.32 Å². The van der Waals surface area contributed by atoms with E-state index in [1.165, 1.54) is 11.1 Å². The van der Waals surface area contributed by atoms with Crippen molar-refractivity contribution in [2.24, 2.45) is 0 Å². The zero-order valence-corrected chi connectivity index (χ0v) is 17.5. The number of aryl methyl sites for hydroxylation is 1. The van der Waals surface area contributed by atoms with E-state index >= 15 is 0 Å². The third kappa shape index (κ3) is 6.01. The molecule has 0 aromatic heterocycles. The molecule has 0 bridgehead atoms. The lowest BCUT2D eigenvalue weighted by Gasteiger charge is -2.16. The Morgan fingerprint density at radius 1 is 0.857 bits per heavy atom. The topological polar surface area (TPSA) is 30.5 Å². The van der Waals surface area contributed by atoms with E-state index in [2.05, 4.69) is 73.8 Å². The van der Waals surface area contributed by atoms with Crippen molar-refractivity contribution in [3.63, 3.8) is 0 Å². The van der Waals surface area contributed by atoms with Gasteiger partial charge in [-0.1, -0.05) is 66.2 Å². The van der Waals surface area contributed by atoms with E-state index in [-0.39, 0.29) is 18.4 Å². The minimum Gasteiger partial charge on any atom is -0.493 e. The molecular weight excluding hydrogens is 370 g/mol. The molecule has 0 radical (unpaired) electrons. The lowest BCUT2D eigenvalue weighted by atomic mass is 10.1. The van der Waals surface area contributed by atoms with Gasteiger partial charge in [-0.3, -0.25) is 0 Å². The van der Waals surface area contributed by atoms with E-state index in [9.17, 15) is 0 Å². The highest BCUT2D eigenvalue weighted by atomic mass is 35.5. The molecule has 1 N–H and O–H groups in total. The summed E-state index contributed by atoms with van der Waals surface area (Å²) in [6, 6.07) is 25.2. The lowest BCUT2D eigenvalue weighted by molar-refractivity contribution is 0.284. The molecule has 0 amide bonds. The number of halogens is 1. The molecule has 0 aliphatic rings. The third-order valence-corrected chi connectivity index (χ3v) is 4.65. The summed E-state index contributed by atoms with van der Waals surface area (Å²) in [5.41, 5.74) is 4.84. The molecule has 3 rings (SSSR count). The highest BCUT2D eigenvalue weighted by molar-refractivity contribution is 5.85. The summed E-state index contributed by atoms with van der Waals surface area (Å²) in [7, 11) is 1.68. The fourth-order valence-corrected chi connectivity index (χ4v) is 2.92. The Hall–Kier alpha value is -2.49. The van der Waals surface area contributed by atoms with E-state index in [4.69, 9.17) is 9.47 Å². The largest absolute Gasteiger partial charge is 0.493 e. The van der Waals surface area contributed by atoms with Crippen molar-refractivity contribution in [3.05, 3.63) is 95.1 Å². The lowest BCUT2D eigenvalue weighted by Crippen LogP contribution is -2.18. The average Bonchev–Trinajstić information content (AvgIpc) is 2.72. The van der Waals surface area contributed by atoms with Gasteiger partial charge in [-0.05, 0) is 42.7 Å². The Labute approximate surface area is 174 Å². The van der Waals surface area contributed by atoms with Crippen molar-refractivity contribution >= 4 is 12.4 Å². The molecule has 3 aromatic rings. The molecule has 28 heavy (non-hydrogen) atoms. The zero-order valence-electron chi connectivity index (χ0n) is 16.6. The van der Waals surface area contributed by atoms with Crippen LogP contribution >= 0.6 is 12.4 Å². The first-order valence-corrected chi connectivity index (χ1v) is 9.29. The van der Waals surface area contributed by atoms with Crippen LogP contribution in [0.15, 0.2) is 72.8 Å². The minimum absolute atomic E-state index is 0. The standard InChI is InChI=1S/C24H27NO2.ClH/c1-18-9-11-20(12-10-18)17-27-23-14-13-21(15-24(23)26-3)16-25-19(2)22-7-5-4-6-8-22;/h4-15,19,25H,16-17H2,1-3H3;1H. The molecule has 1 atom stereocenters. The van der Waals surface area contributed by atoms with Crippen LogP contribution in [0.1, 0.15) is 35.2 Å². The summed E-state index contributed by atoms with van der Waals surface area (Å²) in [4.78, 5) is 0. The fourth-order valence-electron chi connectivity index (χ4n) is 2.92. The maximum absolute atomic E-state index is 5.96. The molecule has 3 nitrogen and oxygen atoms in total. The van der Waals surface area contributed by atoms with E-state index in [1.54, 1.807) is 7.11 Å². The Balaban J connectivity index is 0.00000280. The number of benzene rings is 3. The van der Waals surface area contributed by atoms with E-state index in [0.717, 1.165) is 29.2 Å². The second kappa shape index (κ2) is 10.7. The van der Waals surface area contributed by atoms with Gasteiger partial charge in [0, 0.05) is 12.6 Å². The van der Waals surface area contributed by atoms with Gasteiger partial charge in [0.2, 0.25) is 0 Å². The monoisotopic (exact) mass is 397 g/mol. The third-order valence-electron chi connectivity index (χ3n) is 4.65. The molecule has 0 spiro atoms. The Morgan fingerprint density at radius 3 is 2.21 bits per heavy atom. The molecular formula is C24H28ClNO2. The van der Waals surface area contributed by atoms with Crippen LogP contribution in [0.4, 0.5) is 0 Å². The summed E-state index contributed by atoms with van der Waals surface area (Å²) in [5, 5.41) is 3.55. The smallest absolute Gasteiger partial charge is 0.161 e. The predicted molar refractivity (Wildman–Crippen MR) is 117 cm³/mol. The van der Waals surface area contributed by atoms with Gasteiger partial charge in [-0.25, -0.2) is 0 Å². The van der Waals surface area contributed by atoms with Gasteiger partial charge in [0.25, 0.3) is 0 Å². The first kappa shape index (κ1) is 21.8. The zero-order chi connectivity index (χ0) is 19.1. The summed E-state index contributed by atoms with van der Waals surface area (Å²) in [6.45, 7) is 5.55. The number of hydrogen-bond donors (Lipinski definition) is 1. The van der Waals surface area contributed by atoms with Crippen LogP contribution in [-0.2, 0) is 13.2 Å². The second-order valence-corrected chi connectivity index (χ2v) is 6.77. The normalized spacial score (nSPS) is 11.4. The summed E-state index contributed by atoms with van der Waals surface area (Å²) in [5.74, 6) is 1.52. The van der Waals surface area contributed by atoms with Gasteiger partial charge >= 0.3 is 0 Å². The SMILES string of the molecule is COc1cc(CNC(C)c2ccccc2)ccc1OCc1ccc(C)cc1.Cl. The summed E-state index contributed by atoms with van der Waals surface area (Å²) >= 11 is 0. The highest BCUT2D eigenvalue weighted by Gasteiger charge is 2.08. The van der Waals surface area contributed by atoms with Crippen molar-refractivity contribution in [2.45, 2.75) is 33.0 Å². The van der Waals surface area contributed by atoms with Gasteiger partial charge in [0.15, 0.2) is 11.5 Å². The van der Waals surface area contributed by atoms with Crippen molar-refractivity contribution in [1.29, 1.82) is 0 Å². The molecule has 0 saturated carbocycles. The number of rotatable bonds is 8. The first-order chi connectivity index (χ1) is 13.2. The van der Waals surface area contributed by atoms with E-state index in [0.29, 0.717) is 6.61 Å². The summed E-state index contributed by atoms with van der Waals surface area (Å²) in [6.07, 6.45) is 0. The summed E-state index contributed by atoms with van der Waals surface area (Å²) < 4.78 is 11.5. The van der Waals surface area contributed by atoms with Crippen molar-refractivity contribution in [2.75, 3.05) is 7.11 Å². The van der Waals surface area contributed by atoms with Gasteiger partial charge in [-0.2, -0.15) is 0 Å². The van der Waals surface area contributed by atoms with Crippen LogP contribution in [0.2, 0.25) is 0 Å². The van der Waals surface area contributed by atoms with Crippen LogP contribution in [0, 0.1) is 6.92 Å². The number of methoxy groups -OCH3 is 1. The Bertz CT molecular complexity index is 850. The second-order valence-electron chi connectivity index (χ2n) is 6.77.